The van der Waals surface area contributed by atoms with Crippen LogP contribution in [-0.2, 0) is 137 Å². The number of nitrogens with zero attached hydrogens (tertiary/aromatic N) is 10. The number of aromatic nitrogens is 10. The van der Waals surface area contributed by atoms with Crippen LogP contribution in [0, 0.1) is 47.5 Å². The second-order valence-corrected chi connectivity index (χ2v) is 24.3. The molecule has 0 unspecified atom stereocenters. The molecule has 2 N–H and O–H groups in total. The standard InChI is InChI=1S/C36H44N4.2C11H6F2N.C11H8N.C10H9N2.C6H5NO2.C5H8O2.Ir.Os.Pt.2Rh/c1-9-21-22(10-2)30-18-32-25(13-5)26(14-6)34(39-32)20-36-28(16-8)27(15-7)35(40-36)19-33-24(12-4)23(11-3)31(38-33)17-29(21)37-30;2*12-8-4-5-9(10(13)7-8)11-3-1-2-6-14-11;1-2-6-10(7-3-1)11-8-4-5-9-12-11;1-12-8-7-11-10(12)9-5-3-2-4-6-9;8-6(9)5-3-1-2-4-7-5;1-4(6)3-5(2)7;;;;;/h17-20H,9-16H2,1-8H3;2*1-4,6-7H;1-6,8-9H;2-5,7-8H,1H3;1-4H,(H,8,9);3,6H,1-2H3;;;;;/q-2;4*-1;;;;+1;+2;;. The number of halogens is 4. The Kier molecular flexibility index (Phi) is 43.6. The monoisotopic (exact) mass is 2230 g/mol. The van der Waals surface area contributed by atoms with Crippen LogP contribution < -0.4 is 9.97 Å². The number of hydrogen-bond donors (Lipinski definition) is 2. The van der Waals surface area contributed by atoms with Crippen LogP contribution in [0.3, 0.4) is 0 Å². The van der Waals surface area contributed by atoms with E-state index in [0.717, 1.165) is 143 Å². The molecule has 0 aliphatic carbocycles. The molecule has 14 nitrogen and oxygen atoms in total. The number of hydrogen-bond acceptors (Lipinski definition) is 10. The molecule has 4 radical (unpaired) electrons. The molecule has 8 aromatic heterocycles. The number of fused-ring (bicyclic) bond motifs is 8. The van der Waals surface area contributed by atoms with Crippen LogP contribution >= 0.6 is 0 Å². The molecule has 0 fully saturated rings. The molecule has 0 saturated carbocycles. The number of pyridine rings is 4. The Morgan fingerprint density at radius 3 is 1.05 bits per heavy atom. The van der Waals surface area contributed by atoms with Gasteiger partial charge >= 0.3 is 46.8 Å². The second-order valence-electron chi connectivity index (χ2n) is 24.3. The molecule has 2 aliphatic rings. The first kappa shape index (κ1) is 98.1. The van der Waals surface area contributed by atoms with Gasteiger partial charge in [0.15, 0.2) is 5.78 Å². The Labute approximate surface area is 726 Å². The van der Waals surface area contributed by atoms with E-state index in [0.29, 0.717) is 11.4 Å². The Hall–Kier alpha value is -9.09. The zero-order valence-electron chi connectivity index (χ0n) is 64.2. The number of carbonyl (C=O) groups excluding carboxylic acids is 1. The summed E-state index contributed by atoms with van der Waals surface area (Å²) in [6.07, 6.45) is 18.8. The van der Waals surface area contributed by atoms with Gasteiger partial charge in [0.2, 0.25) is 0 Å². The van der Waals surface area contributed by atoms with E-state index in [1.54, 1.807) is 73.3 Å². The van der Waals surface area contributed by atoms with Crippen molar-refractivity contribution in [1.82, 2.24) is 49.4 Å². The zero-order valence-corrected chi connectivity index (χ0v) is 74.7. The van der Waals surface area contributed by atoms with Gasteiger partial charge in [-0.15, -0.1) is 118 Å². The normalized spacial score (nSPS) is 10.8. The Balaban J connectivity index is 0.000000376. The number of imidazole rings is 1. The number of rotatable bonds is 14. The van der Waals surface area contributed by atoms with E-state index in [4.69, 9.17) is 30.1 Å². The SMILES string of the molecule is CC(=O)C=C(C)O.CCC1=C(CC)c2cc3[n-]c(cc4nc(cc5[n-]c(cc1n2)c(CC)c5CC)C(CC)=C4CC)c(CC)c3CC.Cn1ccnc1-c1[c-]cccc1.Fc1c[c-]c(-c2ccccn2)c(F)c1.Fc1c[c-]c(-c2ccccn2)c(F)c1.O=C(O)c1ccccn1.[Ir].[Os+].[Pt+2].[Rh].[Rh].[c-]1ccccc1-c1ccccn1. The largest absolute Gasteiger partial charge is 2.00 e. The molecule has 4 aromatic carbocycles. The number of allylic oxidation sites excluding steroid dienone is 6. The van der Waals surface area contributed by atoms with E-state index in [-0.39, 0.29) is 128 Å². The van der Waals surface area contributed by atoms with Crippen molar-refractivity contribution < 1.29 is 137 Å². The average Bonchev–Trinajstić information content (AvgIpc) is 1.61. The molecule has 0 spiro atoms. The molecule has 14 rings (SSSR count). The molecule has 113 heavy (non-hydrogen) atoms. The third-order valence-electron chi connectivity index (χ3n) is 17.1. The first-order valence-electron chi connectivity index (χ1n) is 35.8. The van der Waals surface area contributed by atoms with Gasteiger partial charge in [0, 0.05) is 133 Å². The molecule has 10 heterocycles. The number of carboxylic acid groups (broad SMARTS) is 1. The van der Waals surface area contributed by atoms with Gasteiger partial charge in [0.1, 0.15) is 5.69 Å². The average molecular weight is 2230 g/mol. The van der Waals surface area contributed by atoms with Gasteiger partial charge in [-0.2, -0.15) is 0 Å². The summed E-state index contributed by atoms with van der Waals surface area (Å²) in [5.74, 6) is -2.67. The summed E-state index contributed by atoms with van der Waals surface area (Å²) in [5.41, 5.74) is 23.5. The number of aliphatic hydroxyl groups excluding tert-OH is 1. The van der Waals surface area contributed by atoms with Crippen LogP contribution in [0.2, 0.25) is 0 Å². The Bertz CT molecular complexity index is 4890. The predicted octanol–water partition coefficient (Wildman–Crippen LogP) is 21.2. The smallest absolute Gasteiger partial charge is 0.657 e. The number of carboxylic acids is 1. The Morgan fingerprint density at radius 2 is 0.796 bits per heavy atom. The van der Waals surface area contributed by atoms with E-state index < -0.39 is 29.2 Å². The fourth-order valence-corrected chi connectivity index (χ4v) is 12.2. The van der Waals surface area contributed by atoms with Crippen molar-refractivity contribution in [2.45, 2.75) is 121 Å². The molecule has 2 aliphatic heterocycles. The third-order valence-corrected chi connectivity index (χ3v) is 17.1. The van der Waals surface area contributed by atoms with E-state index in [1.807, 2.05) is 84.5 Å². The number of aryl methyl sites for hydroxylation is 5. The van der Waals surface area contributed by atoms with Crippen LogP contribution in [0.15, 0.2) is 219 Å². The van der Waals surface area contributed by atoms with Crippen molar-refractivity contribution >= 4 is 56.1 Å². The van der Waals surface area contributed by atoms with Gasteiger partial charge in [0.25, 0.3) is 0 Å². The maximum atomic E-state index is 13.2. The summed E-state index contributed by atoms with van der Waals surface area (Å²) in [7, 11) is 1.98. The number of ketones is 1. The molecule has 23 heteroatoms. The number of aliphatic hydroxyl groups is 1. The number of aromatic carboxylic acids is 1. The Morgan fingerprint density at radius 1 is 0.442 bits per heavy atom. The van der Waals surface area contributed by atoms with Gasteiger partial charge in [-0.1, -0.05) is 168 Å². The summed E-state index contributed by atoms with van der Waals surface area (Å²) in [5, 5.41) is 16.7. The molecule has 8 bridgehead atoms. The fourth-order valence-electron chi connectivity index (χ4n) is 12.2. The van der Waals surface area contributed by atoms with Gasteiger partial charge in [-0.25, -0.2) is 19.7 Å². The summed E-state index contributed by atoms with van der Waals surface area (Å²) in [4.78, 5) is 61.1. The summed E-state index contributed by atoms with van der Waals surface area (Å²) < 4.78 is 53.6. The van der Waals surface area contributed by atoms with E-state index >= 15 is 0 Å². The van der Waals surface area contributed by atoms with Crippen LogP contribution in [0.25, 0.3) is 89.5 Å². The van der Waals surface area contributed by atoms with Gasteiger partial charge in [-0.3, -0.25) is 27.3 Å². The minimum absolute atomic E-state index is 0. The first-order chi connectivity index (χ1) is 52.3. The second kappa shape index (κ2) is 50.2. The van der Waals surface area contributed by atoms with Crippen LogP contribution in [-0.4, -0.2) is 61.4 Å². The van der Waals surface area contributed by atoms with Crippen molar-refractivity contribution in [3.63, 3.8) is 0 Å². The molecule has 0 atom stereocenters. The predicted molar refractivity (Wildman–Crippen MR) is 422 cm³/mol. The fraction of sp³-hybridized carbons (Fsp3) is 0.211. The summed E-state index contributed by atoms with van der Waals surface area (Å²) in [6.45, 7) is 20.8. The quantitative estimate of drug-likeness (QED) is 0.0343. The van der Waals surface area contributed by atoms with E-state index in [9.17, 15) is 27.2 Å². The maximum Gasteiger partial charge on any atom is 2.00 e. The van der Waals surface area contributed by atoms with Crippen molar-refractivity contribution in [1.29, 1.82) is 0 Å². The summed E-state index contributed by atoms with van der Waals surface area (Å²) >= 11 is 0. The molecule has 12 aromatic rings. The third kappa shape index (κ3) is 27.6. The maximum absolute atomic E-state index is 13.2. The van der Waals surface area contributed by atoms with Gasteiger partial charge in [-0.05, 0) is 135 Å². The van der Waals surface area contributed by atoms with E-state index in [1.165, 1.54) is 76.7 Å². The van der Waals surface area contributed by atoms with E-state index in [2.05, 4.69) is 129 Å². The van der Waals surface area contributed by atoms with Crippen molar-refractivity contribution in [2.75, 3.05) is 0 Å². The minimum atomic E-state index is -0.990. The van der Waals surface area contributed by atoms with Crippen LogP contribution in [0.5, 0.6) is 0 Å². The summed E-state index contributed by atoms with van der Waals surface area (Å²) in [6, 6.07) is 60.6. The molecule has 0 saturated heterocycles. The molecular weight excluding hydrogens is 2140 g/mol. The van der Waals surface area contributed by atoms with Gasteiger partial charge < -0.3 is 39.7 Å². The van der Waals surface area contributed by atoms with Crippen molar-refractivity contribution in [3.05, 3.63) is 317 Å². The van der Waals surface area contributed by atoms with Crippen molar-refractivity contribution in [3.8, 4) is 45.2 Å². The molecule has 596 valence electrons. The zero-order chi connectivity index (χ0) is 77.7. The van der Waals surface area contributed by atoms with Crippen molar-refractivity contribution in [2.24, 2.45) is 7.05 Å². The number of carbonyl (C=O) groups is 2. The topological polar surface area (TPSA) is 198 Å². The molecule has 0 amide bonds. The van der Waals surface area contributed by atoms with Gasteiger partial charge in [0.05, 0.1) is 34.4 Å². The van der Waals surface area contributed by atoms with Crippen LogP contribution in [0.4, 0.5) is 17.6 Å². The van der Waals surface area contributed by atoms with Crippen LogP contribution in [0.1, 0.15) is 150 Å². The first-order valence-corrected chi connectivity index (χ1v) is 35.8. The minimum Gasteiger partial charge on any atom is -0.657 e. The number of benzene rings is 4. The molecular formula is C90H86F4IrN10O4OsPtRh2-3.